The molecule has 1 rings (SSSR count). The third kappa shape index (κ3) is 2.78. The zero-order valence-corrected chi connectivity index (χ0v) is 8.93. The van der Waals surface area contributed by atoms with Crippen LogP contribution in [0, 0.1) is 17.8 Å². The highest BCUT2D eigenvalue weighted by atomic mass is 14.9. The first-order valence-corrected chi connectivity index (χ1v) is 5.38. The molecule has 0 aromatic carbocycles. The molecule has 0 heterocycles. The molecule has 1 fully saturated rings. The number of hydrogen-bond donors (Lipinski definition) is 1. The van der Waals surface area contributed by atoms with E-state index in [0.717, 1.165) is 23.8 Å². The Kier molecular flexibility index (Phi) is 3.57. The van der Waals surface area contributed by atoms with Crippen molar-refractivity contribution in [3.63, 3.8) is 0 Å². The van der Waals surface area contributed by atoms with Crippen LogP contribution in [-0.2, 0) is 0 Å². The van der Waals surface area contributed by atoms with E-state index in [-0.39, 0.29) is 0 Å². The van der Waals surface area contributed by atoms with E-state index in [4.69, 9.17) is 0 Å². The second kappa shape index (κ2) is 4.27. The normalized spacial score (nSPS) is 30.8. The lowest BCUT2D eigenvalue weighted by molar-refractivity contribution is 0.380. The van der Waals surface area contributed by atoms with Crippen LogP contribution in [0.5, 0.6) is 0 Å². The summed E-state index contributed by atoms with van der Waals surface area (Å²) in [5.74, 6) is 2.75. The van der Waals surface area contributed by atoms with E-state index in [1.807, 2.05) is 0 Å². The quantitative estimate of drug-likeness (QED) is 0.667. The van der Waals surface area contributed by atoms with Gasteiger partial charge in [-0.1, -0.05) is 27.7 Å². The van der Waals surface area contributed by atoms with Crippen molar-refractivity contribution in [1.29, 1.82) is 0 Å². The molecule has 1 heteroatoms. The van der Waals surface area contributed by atoms with Crippen molar-refractivity contribution >= 4 is 0 Å². The van der Waals surface area contributed by atoms with Gasteiger partial charge in [0.1, 0.15) is 0 Å². The molecule has 0 saturated heterocycles. The number of nitrogens with one attached hydrogen (secondary N) is 1. The van der Waals surface area contributed by atoms with E-state index in [1.165, 1.54) is 19.4 Å². The molecule has 1 N–H and O–H groups in total. The predicted molar refractivity (Wildman–Crippen MR) is 54.2 cm³/mol. The minimum atomic E-state index is 0.734. The molecule has 0 radical (unpaired) electrons. The zero-order valence-electron chi connectivity index (χ0n) is 8.93. The summed E-state index contributed by atoms with van der Waals surface area (Å²) in [5.41, 5.74) is 0. The summed E-state index contributed by atoms with van der Waals surface area (Å²) in [6.45, 7) is 10.5. The minimum Gasteiger partial charge on any atom is -0.313 e. The average Bonchev–Trinajstić information content (AvgIpc) is 2.67. The van der Waals surface area contributed by atoms with E-state index < -0.39 is 0 Å². The fraction of sp³-hybridized carbons (Fsp3) is 1.00. The summed E-state index contributed by atoms with van der Waals surface area (Å²) in [6, 6.07) is 0.734. The molecule has 0 spiro atoms. The number of rotatable bonds is 5. The van der Waals surface area contributed by atoms with Gasteiger partial charge in [-0.05, 0) is 37.1 Å². The Labute approximate surface area is 76.9 Å². The fourth-order valence-electron chi connectivity index (χ4n) is 1.84. The van der Waals surface area contributed by atoms with Crippen LogP contribution in [0.1, 0.15) is 40.5 Å². The summed E-state index contributed by atoms with van der Waals surface area (Å²) in [6.07, 6.45) is 2.71. The van der Waals surface area contributed by atoms with E-state index >= 15 is 0 Å². The monoisotopic (exact) mass is 169 g/mol. The van der Waals surface area contributed by atoms with Gasteiger partial charge >= 0.3 is 0 Å². The SMILES string of the molecule is CCC(NCC1CC1C)C(C)C. The van der Waals surface area contributed by atoms with Crippen LogP contribution in [-0.4, -0.2) is 12.6 Å². The van der Waals surface area contributed by atoms with E-state index in [9.17, 15) is 0 Å². The first-order chi connectivity index (χ1) is 5.65. The topological polar surface area (TPSA) is 12.0 Å². The average molecular weight is 169 g/mol. The van der Waals surface area contributed by atoms with Crippen LogP contribution in [0.2, 0.25) is 0 Å². The van der Waals surface area contributed by atoms with Gasteiger partial charge in [-0.3, -0.25) is 0 Å². The van der Waals surface area contributed by atoms with Crippen LogP contribution >= 0.6 is 0 Å². The Morgan fingerprint density at radius 3 is 2.33 bits per heavy atom. The van der Waals surface area contributed by atoms with E-state index in [2.05, 4.69) is 33.0 Å². The summed E-state index contributed by atoms with van der Waals surface area (Å²) < 4.78 is 0. The number of hydrogen-bond acceptors (Lipinski definition) is 1. The summed E-state index contributed by atoms with van der Waals surface area (Å²) in [7, 11) is 0. The van der Waals surface area contributed by atoms with Gasteiger partial charge in [0.05, 0.1) is 0 Å². The fourth-order valence-corrected chi connectivity index (χ4v) is 1.84. The first-order valence-electron chi connectivity index (χ1n) is 5.38. The highest BCUT2D eigenvalue weighted by Crippen LogP contribution is 2.36. The van der Waals surface area contributed by atoms with Crippen LogP contribution < -0.4 is 5.32 Å². The molecule has 12 heavy (non-hydrogen) atoms. The summed E-state index contributed by atoms with van der Waals surface area (Å²) >= 11 is 0. The Morgan fingerprint density at radius 1 is 1.42 bits per heavy atom. The summed E-state index contributed by atoms with van der Waals surface area (Å²) in [4.78, 5) is 0. The molecule has 0 aromatic heterocycles. The molecule has 3 atom stereocenters. The lowest BCUT2D eigenvalue weighted by atomic mass is 10.0. The van der Waals surface area contributed by atoms with Gasteiger partial charge in [0, 0.05) is 6.04 Å². The maximum Gasteiger partial charge on any atom is 0.00875 e. The lowest BCUT2D eigenvalue weighted by Crippen LogP contribution is -2.34. The Bertz CT molecular complexity index is 131. The van der Waals surface area contributed by atoms with Crippen molar-refractivity contribution in [2.24, 2.45) is 17.8 Å². The third-order valence-electron chi connectivity index (χ3n) is 3.16. The van der Waals surface area contributed by atoms with Gasteiger partial charge in [0.2, 0.25) is 0 Å². The zero-order chi connectivity index (χ0) is 9.14. The van der Waals surface area contributed by atoms with Gasteiger partial charge in [0.25, 0.3) is 0 Å². The maximum atomic E-state index is 3.66. The molecular formula is C11H23N. The Hall–Kier alpha value is -0.0400. The van der Waals surface area contributed by atoms with Crippen molar-refractivity contribution in [1.82, 2.24) is 5.32 Å². The van der Waals surface area contributed by atoms with Crippen LogP contribution in [0.25, 0.3) is 0 Å². The second-order valence-electron chi connectivity index (χ2n) is 4.64. The van der Waals surface area contributed by atoms with Crippen molar-refractivity contribution in [2.75, 3.05) is 6.54 Å². The van der Waals surface area contributed by atoms with Crippen molar-refractivity contribution in [2.45, 2.75) is 46.6 Å². The minimum absolute atomic E-state index is 0.734. The highest BCUT2D eigenvalue weighted by molar-refractivity contribution is 4.85. The maximum absolute atomic E-state index is 3.66. The molecule has 1 saturated carbocycles. The molecule has 72 valence electrons. The van der Waals surface area contributed by atoms with Gasteiger partial charge in [0.15, 0.2) is 0 Å². The molecule has 1 nitrogen and oxygen atoms in total. The van der Waals surface area contributed by atoms with Gasteiger partial charge < -0.3 is 5.32 Å². The van der Waals surface area contributed by atoms with Gasteiger partial charge in [-0.25, -0.2) is 0 Å². The van der Waals surface area contributed by atoms with E-state index in [0.29, 0.717) is 0 Å². The predicted octanol–water partition coefficient (Wildman–Crippen LogP) is 2.67. The van der Waals surface area contributed by atoms with Crippen molar-refractivity contribution < 1.29 is 0 Å². The molecule has 1 aliphatic carbocycles. The van der Waals surface area contributed by atoms with Gasteiger partial charge in [-0.15, -0.1) is 0 Å². The second-order valence-corrected chi connectivity index (χ2v) is 4.64. The van der Waals surface area contributed by atoms with E-state index in [1.54, 1.807) is 0 Å². The van der Waals surface area contributed by atoms with Crippen LogP contribution in [0.4, 0.5) is 0 Å². The Balaban J connectivity index is 2.11. The standard InChI is InChI=1S/C11H23N/c1-5-11(8(2)3)12-7-10-6-9(10)4/h8-12H,5-7H2,1-4H3. The summed E-state index contributed by atoms with van der Waals surface area (Å²) in [5, 5.41) is 3.66. The third-order valence-corrected chi connectivity index (χ3v) is 3.16. The molecule has 0 bridgehead atoms. The molecule has 0 amide bonds. The van der Waals surface area contributed by atoms with Crippen LogP contribution in [0.3, 0.4) is 0 Å². The smallest absolute Gasteiger partial charge is 0.00875 e. The first kappa shape index (κ1) is 10.0. The van der Waals surface area contributed by atoms with Crippen LogP contribution in [0.15, 0.2) is 0 Å². The molecule has 0 aromatic rings. The van der Waals surface area contributed by atoms with Gasteiger partial charge in [-0.2, -0.15) is 0 Å². The molecule has 0 aliphatic heterocycles. The lowest BCUT2D eigenvalue weighted by Gasteiger charge is -2.20. The highest BCUT2D eigenvalue weighted by Gasteiger charge is 2.32. The molecule has 3 unspecified atom stereocenters. The molecular weight excluding hydrogens is 146 g/mol. The molecule has 1 aliphatic rings. The largest absolute Gasteiger partial charge is 0.313 e. The van der Waals surface area contributed by atoms with Crippen molar-refractivity contribution in [3.8, 4) is 0 Å². The van der Waals surface area contributed by atoms with Crippen molar-refractivity contribution in [3.05, 3.63) is 0 Å². The Morgan fingerprint density at radius 2 is 2.00 bits per heavy atom.